The van der Waals surface area contributed by atoms with Gasteiger partial charge in [-0.05, 0) is 48.9 Å². The van der Waals surface area contributed by atoms with E-state index in [0.29, 0.717) is 11.4 Å². The van der Waals surface area contributed by atoms with Crippen molar-refractivity contribution in [2.45, 2.75) is 12.5 Å². The molecule has 1 aromatic heterocycles. The lowest BCUT2D eigenvalue weighted by molar-refractivity contribution is 0.406. The molecule has 0 aliphatic carbocycles. The highest BCUT2D eigenvalue weighted by atomic mass is 35.5. The average molecular weight is 295 g/mol. The molecule has 0 aliphatic heterocycles. The summed E-state index contributed by atoms with van der Waals surface area (Å²) >= 11 is 6.02. The minimum atomic E-state index is -0.346. The van der Waals surface area contributed by atoms with E-state index < -0.39 is 0 Å². The average Bonchev–Trinajstić information content (AvgIpc) is 2.45. The SMILES string of the molecule is CNC(Cc1cc(Cl)ccc1OC)c1cncc(F)c1. The molecule has 1 unspecified atom stereocenters. The van der Waals surface area contributed by atoms with Gasteiger partial charge in [0.05, 0.1) is 13.3 Å². The van der Waals surface area contributed by atoms with Crippen molar-refractivity contribution < 1.29 is 9.13 Å². The molecule has 0 amide bonds. The summed E-state index contributed by atoms with van der Waals surface area (Å²) in [6.07, 6.45) is 3.48. The first kappa shape index (κ1) is 14.8. The molecule has 1 heterocycles. The Morgan fingerprint density at radius 2 is 2.15 bits per heavy atom. The molecule has 106 valence electrons. The highest BCUT2D eigenvalue weighted by Gasteiger charge is 2.14. The molecule has 5 heteroatoms. The number of halogens is 2. The topological polar surface area (TPSA) is 34.1 Å². The maximum absolute atomic E-state index is 13.3. The van der Waals surface area contributed by atoms with Gasteiger partial charge >= 0.3 is 0 Å². The normalized spacial score (nSPS) is 12.2. The molecule has 20 heavy (non-hydrogen) atoms. The zero-order chi connectivity index (χ0) is 14.5. The van der Waals surface area contributed by atoms with E-state index in [1.807, 2.05) is 19.2 Å². The van der Waals surface area contributed by atoms with Crippen LogP contribution in [0.4, 0.5) is 4.39 Å². The molecule has 3 nitrogen and oxygen atoms in total. The van der Waals surface area contributed by atoms with Gasteiger partial charge in [0.15, 0.2) is 0 Å². The Morgan fingerprint density at radius 3 is 2.80 bits per heavy atom. The van der Waals surface area contributed by atoms with Crippen LogP contribution in [0, 0.1) is 5.82 Å². The molecule has 0 saturated carbocycles. The summed E-state index contributed by atoms with van der Waals surface area (Å²) in [5.74, 6) is 0.417. The Labute approximate surface area is 122 Å². The standard InChI is InChI=1S/C15H16ClFN2O/c1-18-14(11-6-13(17)9-19-8-11)7-10-5-12(16)3-4-15(10)20-2/h3-6,8-9,14,18H,7H2,1-2H3. The molecular weight excluding hydrogens is 279 g/mol. The van der Waals surface area contributed by atoms with Crippen LogP contribution in [-0.2, 0) is 6.42 Å². The Bertz CT molecular complexity index is 592. The van der Waals surface area contributed by atoms with Gasteiger partial charge in [0.2, 0.25) is 0 Å². The van der Waals surface area contributed by atoms with Crippen LogP contribution in [0.5, 0.6) is 5.75 Å². The number of pyridine rings is 1. The van der Waals surface area contributed by atoms with Crippen molar-refractivity contribution >= 4 is 11.6 Å². The highest BCUT2D eigenvalue weighted by Crippen LogP contribution is 2.27. The number of methoxy groups -OCH3 is 1. The van der Waals surface area contributed by atoms with Gasteiger partial charge in [-0.1, -0.05) is 11.6 Å². The van der Waals surface area contributed by atoms with E-state index in [-0.39, 0.29) is 11.9 Å². The maximum atomic E-state index is 13.3. The van der Waals surface area contributed by atoms with Crippen LogP contribution in [0.2, 0.25) is 5.02 Å². The van der Waals surface area contributed by atoms with Crippen molar-refractivity contribution in [3.8, 4) is 5.75 Å². The third-order valence-electron chi connectivity index (χ3n) is 3.14. The monoisotopic (exact) mass is 294 g/mol. The molecular formula is C15H16ClFN2O. The van der Waals surface area contributed by atoms with E-state index in [9.17, 15) is 4.39 Å². The fourth-order valence-corrected chi connectivity index (χ4v) is 2.33. The summed E-state index contributed by atoms with van der Waals surface area (Å²) in [7, 11) is 3.44. The largest absolute Gasteiger partial charge is 0.496 e. The second-order valence-corrected chi connectivity index (χ2v) is 4.87. The Kier molecular flexibility index (Phi) is 4.93. The van der Waals surface area contributed by atoms with Crippen LogP contribution < -0.4 is 10.1 Å². The fourth-order valence-electron chi connectivity index (χ4n) is 2.13. The summed E-state index contributed by atoms with van der Waals surface area (Å²) in [6, 6.07) is 6.88. The van der Waals surface area contributed by atoms with Gasteiger partial charge < -0.3 is 10.1 Å². The lowest BCUT2D eigenvalue weighted by Gasteiger charge is -2.18. The quantitative estimate of drug-likeness (QED) is 0.918. The molecule has 1 aromatic carbocycles. The van der Waals surface area contributed by atoms with E-state index in [2.05, 4.69) is 10.3 Å². The fraction of sp³-hybridized carbons (Fsp3) is 0.267. The summed E-state index contributed by atoms with van der Waals surface area (Å²) < 4.78 is 18.6. The van der Waals surface area contributed by atoms with Crippen molar-refractivity contribution in [2.75, 3.05) is 14.2 Å². The maximum Gasteiger partial charge on any atom is 0.141 e. The second kappa shape index (κ2) is 6.68. The smallest absolute Gasteiger partial charge is 0.141 e. The van der Waals surface area contributed by atoms with Crippen LogP contribution in [0.3, 0.4) is 0 Å². The molecule has 0 saturated heterocycles. The van der Waals surface area contributed by atoms with Crippen LogP contribution in [0.1, 0.15) is 17.2 Å². The van der Waals surface area contributed by atoms with Crippen molar-refractivity contribution in [3.05, 3.63) is 58.6 Å². The summed E-state index contributed by atoms with van der Waals surface area (Å²) in [6.45, 7) is 0. The van der Waals surface area contributed by atoms with Crippen molar-refractivity contribution in [3.63, 3.8) is 0 Å². The number of likely N-dealkylation sites (N-methyl/N-ethyl adjacent to an activating group) is 1. The predicted molar refractivity (Wildman–Crippen MR) is 77.7 cm³/mol. The Hall–Kier alpha value is -1.65. The van der Waals surface area contributed by atoms with E-state index >= 15 is 0 Å². The van der Waals surface area contributed by atoms with Crippen molar-refractivity contribution in [1.82, 2.24) is 10.3 Å². The summed E-state index contributed by atoms with van der Waals surface area (Å²) in [4.78, 5) is 3.88. The summed E-state index contributed by atoms with van der Waals surface area (Å²) in [5, 5.41) is 3.81. The lowest BCUT2D eigenvalue weighted by atomic mass is 9.99. The first-order chi connectivity index (χ1) is 9.63. The van der Waals surface area contributed by atoms with Crippen LogP contribution in [-0.4, -0.2) is 19.1 Å². The Morgan fingerprint density at radius 1 is 1.35 bits per heavy atom. The number of nitrogens with one attached hydrogen (secondary N) is 1. The number of rotatable bonds is 5. The molecule has 2 aromatic rings. The number of nitrogens with zero attached hydrogens (tertiary/aromatic N) is 1. The number of hydrogen-bond acceptors (Lipinski definition) is 3. The van der Waals surface area contributed by atoms with Crippen molar-refractivity contribution in [1.29, 1.82) is 0 Å². The molecule has 1 N–H and O–H groups in total. The highest BCUT2D eigenvalue weighted by molar-refractivity contribution is 6.30. The predicted octanol–water partition coefficient (Wildman–Crippen LogP) is 3.39. The van der Waals surface area contributed by atoms with E-state index in [4.69, 9.17) is 16.3 Å². The molecule has 0 radical (unpaired) electrons. The zero-order valence-electron chi connectivity index (χ0n) is 11.4. The van der Waals surface area contributed by atoms with E-state index in [0.717, 1.165) is 16.9 Å². The number of aromatic nitrogens is 1. The lowest BCUT2D eigenvalue weighted by Crippen LogP contribution is -2.19. The Balaban J connectivity index is 2.28. The molecule has 0 bridgehead atoms. The van der Waals surface area contributed by atoms with Gasteiger partial charge in [-0.3, -0.25) is 4.98 Å². The number of benzene rings is 1. The third kappa shape index (κ3) is 3.46. The van der Waals surface area contributed by atoms with Gasteiger partial charge in [0, 0.05) is 17.3 Å². The van der Waals surface area contributed by atoms with Gasteiger partial charge in [0.1, 0.15) is 11.6 Å². The minimum absolute atomic E-state index is 0.0643. The van der Waals surface area contributed by atoms with Gasteiger partial charge in [-0.15, -0.1) is 0 Å². The minimum Gasteiger partial charge on any atom is -0.496 e. The number of hydrogen-bond donors (Lipinski definition) is 1. The first-order valence-electron chi connectivity index (χ1n) is 6.24. The summed E-state index contributed by atoms with van der Waals surface area (Å²) in [5.41, 5.74) is 1.75. The van der Waals surface area contributed by atoms with Crippen LogP contribution in [0.25, 0.3) is 0 Å². The number of ether oxygens (including phenoxy) is 1. The molecule has 1 atom stereocenters. The second-order valence-electron chi connectivity index (χ2n) is 4.44. The van der Waals surface area contributed by atoms with Gasteiger partial charge in [-0.2, -0.15) is 0 Å². The molecule has 0 fully saturated rings. The van der Waals surface area contributed by atoms with E-state index in [1.165, 1.54) is 12.3 Å². The van der Waals surface area contributed by atoms with E-state index in [1.54, 1.807) is 19.4 Å². The van der Waals surface area contributed by atoms with Gasteiger partial charge in [0.25, 0.3) is 0 Å². The van der Waals surface area contributed by atoms with Gasteiger partial charge in [-0.25, -0.2) is 4.39 Å². The van der Waals surface area contributed by atoms with Crippen LogP contribution in [0.15, 0.2) is 36.7 Å². The molecule has 0 aliphatic rings. The van der Waals surface area contributed by atoms with Crippen LogP contribution >= 0.6 is 11.6 Å². The first-order valence-corrected chi connectivity index (χ1v) is 6.62. The third-order valence-corrected chi connectivity index (χ3v) is 3.38. The zero-order valence-corrected chi connectivity index (χ0v) is 12.1. The van der Waals surface area contributed by atoms with Crippen molar-refractivity contribution in [2.24, 2.45) is 0 Å². The molecule has 0 spiro atoms. The molecule has 2 rings (SSSR count).